The van der Waals surface area contributed by atoms with Crippen molar-refractivity contribution in [1.29, 1.82) is 5.26 Å². The first-order chi connectivity index (χ1) is 15.0. The number of nitrogens with zero attached hydrogens (tertiary/aromatic N) is 4. The summed E-state index contributed by atoms with van der Waals surface area (Å²) >= 11 is 1.44. The van der Waals surface area contributed by atoms with Gasteiger partial charge in [0.1, 0.15) is 17.7 Å². The van der Waals surface area contributed by atoms with Gasteiger partial charge in [0.2, 0.25) is 17.5 Å². The summed E-state index contributed by atoms with van der Waals surface area (Å²) in [6.45, 7) is 1.60. The first kappa shape index (κ1) is 21.3. The summed E-state index contributed by atoms with van der Waals surface area (Å²) in [7, 11) is 2.08. The van der Waals surface area contributed by atoms with E-state index in [0.29, 0.717) is 34.8 Å². The summed E-state index contributed by atoms with van der Waals surface area (Å²) in [4.78, 5) is 24.5. The second-order valence-electron chi connectivity index (χ2n) is 8.05. The first-order valence-corrected chi connectivity index (χ1v) is 11.3. The maximum atomic E-state index is 12.8. The minimum atomic E-state index is -0.380. The lowest BCUT2D eigenvalue weighted by Gasteiger charge is -2.23. The molecule has 0 spiro atoms. The molecule has 9 heteroatoms. The number of aryl methyl sites for hydroxylation is 1. The number of nitrogen functional groups attached to an aromatic ring is 1. The first-order valence-electron chi connectivity index (χ1n) is 10.5. The second kappa shape index (κ2) is 9.04. The second-order valence-corrected chi connectivity index (χ2v) is 9.19. The van der Waals surface area contributed by atoms with Gasteiger partial charge < -0.3 is 21.1 Å². The van der Waals surface area contributed by atoms with Crippen molar-refractivity contribution in [3.63, 3.8) is 0 Å². The minimum absolute atomic E-state index is 0.0431. The van der Waals surface area contributed by atoms with Gasteiger partial charge in [0.05, 0.1) is 5.56 Å². The zero-order chi connectivity index (χ0) is 22.0. The number of hydrogen-bond acceptors (Lipinski definition) is 9. The van der Waals surface area contributed by atoms with Gasteiger partial charge in [-0.25, -0.2) is 4.98 Å². The molecule has 2 aliphatic rings. The zero-order valence-corrected chi connectivity index (χ0v) is 18.3. The number of hydrogen-bond donors (Lipinski definition) is 2. The van der Waals surface area contributed by atoms with E-state index in [1.165, 1.54) is 23.6 Å². The normalized spacial score (nSPS) is 21.5. The van der Waals surface area contributed by atoms with Crippen LogP contribution >= 0.6 is 11.3 Å². The predicted molar refractivity (Wildman–Crippen MR) is 119 cm³/mol. The van der Waals surface area contributed by atoms with Crippen molar-refractivity contribution in [2.45, 2.75) is 44.1 Å². The van der Waals surface area contributed by atoms with Gasteiger partial charge >= 0.3 is 0 Å². The number of aromatic nitrogens is 2. The molecule has 0 amide bonds. The van der Waals surface area contributed by atoms with Crippen LogP contribution in [-0.2, 0) is 6.42 Å². The van der Waals surface area contributed by atoms with Gasteiger partial charge in [0.15, 0.2) is 0 Å². The molecule has 4 N–H and O–H groups in total. The molecule has 1 aliphatic carbocycles. The van der Waals surface area contributed by atoms with E-state index in [1.54, 1.807) is 6.07 Å². The Balaban J connectivity index is 1.50. The third kappa shape index (κ3) is 4.40. The summed E-state index contributed by atoms with van der Waals surface area (Å²) in [5.74, 6) is -0.160. The number of ether oxygens (including phenoxy) is 1. The van der Waals surface area contributed by atoms with E-state index < -0.39 is 0 Å². The fourth-order valence-electron chi connectivity index (χ4n) is 4.35. The molecule has 4 rings (SSSR count). The number of likely N-dealkylation sites (tertiary alicyclic amines) is 1. The van der Waals surface area contributed by atoms with Crippen molar-refractivity contribution < 1.29 is 9.53 Å². The number of nitrogens with two attached hydrogens (primary N) is 2. The Bertz CT molecular complexity index is 1060. The number of fused-ring (bicyclic) bond motifs is 1. The fourth-order valence-corrected chi connectivity index (χ4v) is 5.48. The molecule has 0 bridgehead atoms. The van der Waals surface area contributed by atoms with E-state index in [0.717, 1.165) is 49.1 Å². The van der Waals surface area contributed by atoms with Crippen LogP contribution in [0.3, 0.4) is 0 Å². The van der Waals surface area contributed by atoms with Crippen molar-refractivity contribution in [1.82, 2.24) is 14.9 Å². The summed E-state index contributed by atoms with van der Waals surface area (Å²) in [6.07, 6.45) is 7.72. The van der Waals surface area contributed by atoms with Crippen molar-refractivity contribution >= 4 is 22.1 Å². The monoisotopic (exact) mass is 438 g/mol. The predicted octanol–water partition coefficient (Wildman–Crippen LogP) is 2.61. The van der Waals surface area contributed by atoms with Crippen molar-refractivity contribution in [3.05, 3.63) is 45.9 Å². The van der Waals surface area contributed by atoms with Crippen LogP contribution in [0.2, 0.25) is 0 Å². The molecule has 2 aromatic rings. The van der Waals surface area contributed by atoms with Crippen LogP contribution in [0.15, 0.2) is 24.0 Å². The summed E-state index contributed by atoms with van der Waals surface area (Å²) < 4.78 is 5.81. The number of likely N-dealkylation sites (N-methyl/N-ethyl adjacent to an activating group) is 1. The third-order valence-electron chi connectivity index (χ3n) is 6.05. The molecular formula is C22H26N6O2S. The Morgan fingerprint density at radius 1 is 1.45 bits per heavy atom. The molecule has 162 valence electrons. The molecule has 0 saturated carbocycles. The van der Waals surface area contributed by atoms with Gasteiger partial charge in [-0.1, -0.05) is 0 Å². The van der Waals surface area contributed by atoms with Crippen molar-refractivity contribution in [2.24, 2.45) is 5.73 Å². The van der Waals surface area contributed by atoms with Crippen LogP contribution in [0.4, 0.5) is 5.00 Å². The largest absolute Gasteiger partial charge is 0.476 e. The molecule has 2 aromatic heterocycles. The molecule has 31 heavy (non-hydrogen) atoms. The molecular weight excluding hydrogens is 412 g/mol. The van der Waals surface area contributed by atoms with Crippen LogP contribution in [0.25, 0.3) is 0 Å². The summed E-state index contributed by atoms with van der Waals surface area (Å²) in [5, 5.41) is 10.0. The Labute approximate surface area is 185 Å². The van der Waals surface area contributed by atoms with Gasteiger partial charge in [-0.2, -0.15) is 10.2 Å². The molecule has 1 aliphatic heterocycles. The van der Waals surface area contributed by atoms with Gasteiger partial charge in [0.25, 0.3) is 0 Å². The lowest BCUT2D eigenvalue weighted by atomic mass is 9.83. The van der Waals surface area contributed by atoms with Crippen molar-refractivity contribution in [2.75, 3.05) is 25.9 Å². The number of rotatable bonds is 6. The van der Waals surface area contributed by atoms with Gasteiger partial charge in [-0.15, -0.1) is 11.3 Å². The van der Waals surface area contributed by atoms with E-state index in [4.69, 9.17) is 16.2 Å². The van der Waals surface area contributed by atoms with Crippen LogP contribution in [0.5, 0.6) is 5.88 Å². The minimum Gasteiger partial charge on any atom is -0.476 e. The lowest BCUT2D eigenvalue weighted by Crippen LogP contribution is -2.30. The molecule has 2 atom stereocenters. The maximum Gasteiger partial charge on any atom is 0.224 e. The Morgan fingerprint density at radius 3 is 3.03 bits per heavy atom. The van der Waals surface area contributed by atoms with E-state index in [9.17, 15) is 10.1 Å². The van der Waals surface area contributed by atoms with Crippen molar-refractivity contribution in [3.8, 4) is 11.9 Å². The van der Waals surface area contributed by atoms with Gasteiger partial charge in [-0.3, -0.25) is 4.79 Å². The average molecular weight is 439 g/mol. The van der Waals surface area contributed by atoms with Gasteiger partial charge in [0, 0.05) is 40.9 Å². The van der Waals surface area contributed by atoms with E-state index in [1.807, 2.05) is 0 Å². The quantitative estimate of drug-likeness (QED) is 0.520. The van der Waals surface area contributed by atoms with Crippen LogP contribution in [0, 0.1) is 11.3 Å². The average Bonchev–Trinajstić information content (AvgIpc) is 3.33. The Hall–Kier alpha value is -2.96. The van der Waals surface area contributed by atoms with Crippen LogP contribution in [-0.4, -0.2) is 46.9 Å². The molecule has 0 aromatic carbocycles. The third-order valence-corrected chi connectivity index (χ3v) is 7.15. The van der Waals surface area contributed by atoms with Crippen LogP contribution in [0.1, 0.15) is 58.2 Å². The number of carbonyl (C=O) groups is 1. The molecule has 0 radical (unpaired) electrons. The molecule has 1 saturated heterocycles. The Kier molecular flexibility index (Phi) is 6.20. The van der Waals surface area contributed by atoms with E-state index >= 15 is 0 Å². The topological polar surface area (TPSA) is 131 Å². The van der Waals surface area contributed by atoms with Gasteiger partial charge in [-0.05, 0) is 51.3 Å². The number of anilines is 1. The number of ketones is 1. The van der Waals surface area contributed by atoms with E-state index in [-0.39, 0.29) is 17.5 Å². The highest BCUT2D eigenvalue weighted by atomic mass is 32.1. The summed E-state index contributed by atoms with van der Waals surface area (Å²) in [6, 6.07) is 4.21. The smallest absolute Gasteiger partial charge is 0.224 e. The lowest BCUT2D eigenvalue weighted by molar-refractivity contribution is 0.103. The Morgan fingerprint density at radius 2 is 2.29 bits per heavy atom. The highest BCUT2D eigenvalue weighted by Crippen LogP contribution is 2.43. The highest BCUT2D eigenvalue weighted by molar-refractivity contribution is 7.16. The summed E-state index contributed by atoms with van der Waals surface area (Å²) in [5.41, 5.74) is 14.1. The SMILES string of the molecule is CN1CCCC1COc1ccnc(C(=O)/C=C(\N)C2CCCc3sc(N)c(C#N)c32)n1. The zero-order valence-electron chi connectivity index (χ0n) is 17.5. The number of allylic oxidation sites excluding steroid dienone is 2. The number of carbonyl (C=O) groups excluding carboxylic acids is 1. The number of thiophene rings is 1. The molecule has 1 fully saturated rings. The standard InChI is InChI=1S/C22H26N6O2S/c1-28-9-3-4-13(28)12-30-19-7-8-26-22(27-19)17(29)10-16(24)14-5-2-6-18-20(14)15(11-23)21(25)31-18/h7-8,10,13-14H,2-6,9,12,24-25H2,1H3/b16-10-. The molecule has 2 unspecified atom stereocenters. The van der Waals surface area contributed by atoms with E-state index in [2.05, 4.69) is 28.0 Å². The maximum absolute atomic E-state index is 12.8. The molecule has 3 heterocycles. The van der Waals surface area contributed by atoms with Crippen LogP contribution < -0.4 is 16.2 Å². The number of nitriles is 1. The highest BCUT2D eigenvalue weighted by Gasteiger charge is 2.29. The fraction of sp³-hybridized carbons (Fsp3) is 0.455. The molecule has 8 nitrogen and oxygen atoms in total.